The summed E-state index contributed by atoms with van der Waals surface area (Å²) in [5, 5.41) is 0. The van der Waals surface area contributed by atoms with E-state index in [1.54, 1.807) is 0 Å². The molecule has 2 saturated carbocycles. The molecular formula is C11H17O. The number of ketones is 1. The van der Waals surface area contributed by atoms with E-state index in [0.717, 1.165) is 25.2 Å². The standard InChI is InChI=1S/C11H17O/c1-8-5-6-9-3-2-4-10(12)7-11(8)9/h8-9,11H,1-7H2. The van der Waals surface area contributed by atoms with Gasteiger partial charge < -0.3 is 0 Å². The first-order valence-electron chi connectivity index (χ1n) is 5.12. The van der Waals surface area contributed by atoms with E-state index >= 15 is 0 Å². The van der Waals surface area contributed by atoms with Gasteiger partial charge in [0, 0.05) is 12.8 Å². The van der Waals surface area contributed by atoms with Crippen molar-refractivity contribution in [1.29, 1.82) is 0 Å². The van der Waals surface area contributed by atoms with Crippen molar-refractivity contribution < 1.29 is 4.79 Å². The molecule has 1 heteroatoms. The Kier molecular flexibility index (Phi) is 2.20. The molecule has 0 heterocycles. The summed E-state index contributed by atoms with van der Waals surface area (Å²) in [4.78, 5) is 11.3. The third-order valence-corrected chi connectivity index (χ3v) is 3.61. The van der Waals surface area contributed by atoms with E-state index in [1.165, 1.54) is 19.3 Å². The number of hydrogen-bond donors (Lipinski definition) is 0. The summed E-state index contributed by atoms with van der Waals surface area (Å²) in [5.41, 5.74) is 0. The molecule has 2 fully saturated rings. The Balaban J connectivity index is 2.08. The van der Waals surface area contributed by atoms with Crippen LogP contribution in [0.3, 0.4) is 0 Å². The van der Waals surface area contributed by atoms with Gasteiger partial charge in [0.15, 0.2) is 0 Å². The monoisotopic (exact) mass is 165 g/mol. The van der Waals surface area contributed by atoms with Crippen LogP contribution in [-0.2, 0) is 4.79 Å². The Hall–Kier alpha value is -0.330. The van der Waals surface area contributed by atoms with Crippen LogP contribution in [-0.4, -0.2) is 5.78 Å². The molecule has 0 amide bonds. The lowest BCUT2D eigenvalue weighted by molar-refractivity contribution is -0.119. The average molecular weight is 165 g/mol. The highest BCUT2D eigenvalue weighted by Gasteiger charge is 2.35. The van der Waals surface area contributed by atoms with E-state index in [4.69, 9.17) is 0 Å². The summed E-state index contributed by atoms with van der Waals surface area (Å²) in [6.45, 7) is 4.15. The Labute approximate surface area is 74.5 Å². The fraction of sp³-hybridized carbons (Fsp3) is 0.818. The van der Waals surface area contributed by atoms with Gasteiger partial charge in [-0.05, 0) is 50.4 Å². The number of rotatable bonds is 0. The van der Waals surface area contributed by atoms with Gasteiger partial charge in [-0.15, -0.1) is 0 Å². The Bertz CT molecular complexity index is 185. The van der Waals surface area contributed by atoms with Crippen LogP contribution in [0.25, 0.3) is 0 Å². The van der Waals surface area contributed by atoms with Crippen molar-refractivity contribution in [1.82, 2.24) is 0 Å². The molecule has 0 bridgehead atoms. The second-order valence-corrected chi connectivity index (χ2v) is 4.40. The lowest BCUT2D eigenvalue weighted by Crippen LogP contribution is -2.14. The molecule has 0 aromatic rings. The second-order valence-electron chi connectivity index (χ2n) is 4.40. The quantitative estimate of drug-likeness (QED) is 0.539. The van der Waals surface area contributed by atoms with Crippen LogP contribution in [0.5, 0.6) is 0 Å². The van der Waals surface area contributed by atoms with Crippen molar-refractivity contribution >= 4 is 5.78 Å². The molecule has 0 saturated heterocycles. The first-order valence-corrected chi connectivity index (χ1v) is 5.12. The first-order chi connectivity index (χ1) is 5.77. The van der Waals surface area contributed by atoms with E-state index in [1.807, 2.05) is 0 Å². The van der Waals surface area contributed by atoms with Crippen LogP contribution >= 0.6 is 0 Å². The van der Waals surface area contributed by atoms with Crippen molar-refractivity contribution in [2.45, 2.75) is 38.5 Å². The zero-order valence-electron chi connectivity index (χ0n) is 7.59. The van der Waals surface area contributed by atoms with Gasteiger partial charge in [-0.3, -0.25) is 4.79 Å². The molecule has 2 aliphatic carbocycles. The van der Waals surface area contributed by atoms with Crippen LogP contribution in [0.15, 0.2) is 0 Å². The molecule has 2 aliphatic rings. The number of carbonyl (C=O) groups excluding carboxylic acids is 1. The van der Waals surface area contributed by atoms with Gasteiger partial charge >= 0.3 is 0 Å². The fourth-order valence-electron chi connectivity index (χ4n) is 2.86. The first kappa shape index (κ1) is 8.28. The predicted octanol–water partition coefficient (Wildman–Crippen LogP) is 2.61. The zero-order valence-corrected chi connectivity index (χ0v) is 7.59. The summed E-state index contributed by atoms with van der Waals surface area (Å²) in [7, 11) is 0. The summed E-state index contributed by atoms with van der Waals surface area (Å²) >= 11 is 0. The van der Waals surface area contributed by atoms with Crippen molar-refractivity contribution in [3.63, 3.8) is 0 Å². The molecule has 0 aromatic heterocycles. The third-order valence-electron chi connectivity index (χ3n) is 3.61. The maximum absolute atomic E-state index is 11.3. The minimum Gasteiger partial charge on any atom is -0.300 e. The topological polar surface area (TPSA) is 17.1 Å². The molecule has 3 atom stereocenters. The maximum Gasteiger partial charge on any atom is 0.133 e. The normalized spacial score (nSPS) is 42.4. The van der Waals surface area contributed by atoms with Crippen molar-refractivity contribution in [3.05, 3.63) is 6.92 Å². The van der Waals surface area contributed by atoms with Gasteiger partial charge in [-0.2, -0.15) is 0 Å². The lowest BCUT2D eigenvalue weighted by Gasteiger charge is -2.18. The molecule has 0 aliphatic heterocycles. The zero-order chi connectivity index (χ0) is 8.55. The van der Waals surface area contributed by atoms with Crippen LogP contribution in [0.2, 0.25) is 0 Å². The maximum atomic E-state index is 11.3. The van der Waals surface area contributed by atoms with Crippen molar-refractivity contribution in [3.8, 4) is 0 Å². The van der Waals surface area contributed by atoms with Gasteiger partial charge in [0.2, 0.25) is 0 Å². The molecule has 2 rings (SSSR count). The molecule has 1 nitrogen and oxygen atoms in total. The summed E-state index contributed by atoms with van der Waals surface area (Å²) in [6.07, 6.45) is 6.66. The highest BCUT2D eigenvalue weighted by atomic mass is 16.1. The smallest absolute Gasteiger partial charge is 0.133 e. The minimum atomic E-state index is 0.484. The van der Waals surface area contributed by atoms with Gasteiger partial charge in [0.25, 0.3) is 0 Å². The van der Waals surface area contributed by atoms with E-state index in [9.17, 15) is 4.79 Å². The van der Waals surface area contributed by atoms with Crippen LogP contribution in [0, 0.1) is 24.7 Å². The van der Waals surface area contributed by atoms with Crippen LogP contribution < -0.4 is 0 Å². The van der Waals surface area contributed by atoms with Gasteiger partial charge in [0.1, 0.15) is 5.78 Å². The third kappa shape index (κ3) is 1.41. The Morgan fingerprint density at radius 2 is 2.08 bits per heavy atom. The fourth-order valence-corrected chi connectivity index (χ4v) is 2.86. The number of carbonyl (C=O) groups is 1. The molecular weight excluding hydrogens is 148 g/mol. The summed E-state index contributed by atoms with van der Waals surface area (Å²) in [5.74, 6) is 2.52. The van der Waals surface area contributed by atoms with Crippen LogP contribution in [0.4, 0.5) is 0 Å². The van der Waals surface area contributed by atoms with E-state index in [-0.39, 0.29) is 0 Å². The largest absolute Gasteiger partial charge is 0.300 e. The molecule has 0 N–H and O–H groups in total. The highest BCUT2D eigenvalue weighted by Crippen LogP contribution is 2.43. The minimum absolute atomic E-state index is 0.484. The van der Waals surface area contributed by atoms with Gasteiger partial charge in [-0.1, -0.05) is 0 Å². The Morgan fingerprint density at radius 3 is 2.92 bits per heavy atom. The number of Topliss-reactive ketones (excluding diaryl/α,β-unsaturated/α-hetero) is 1. The lowest BCUT2D eigenvalue weighted by atomic mass is 9.86. The second kappa shape index (κ2) is 3.20. The van der Waals surface area contributed by atoms with Gasteiger partial charge in [-0.25, -0.2) is 0 Å². The predicted molar refractivity (Wildman–Crippen MR) is 48.5 cm³/mol. The molecule has 3 unspecified atom stereocenters. The van der Waals surface area contributed by atoms with Crippen molar-refractivity contribution in [2.75, 3.05) is 0 Å². The number of hydrogen-bond acceptors (Lipinski definition) is 1. The van der Waals surface area contributed by atoms with Crippen molar-refractivity contribution in [2.24, 2.45) is 17.8 Å². The summed E-state index contributed by atoms with van der Waals surface area (Å²) in [6, 6.07) is 0. The highest BCUT2D eigenvalue weighted by molar-refractivity contribution is 5.79. The molecule has 67 valence electrons. The molecule has 0 spiro atoms. The van der Waals surface area contributed by atoms with E-state index < -0.39 is 0 Å². The summed E-state index contributed by atoms with van der Waals surface area (Å²) < 4.78 is 0. The number of fused-ring (bicyclic) bond motifs is 1. The molecule has 12 heavy (non-hydrogen) atoms. The van der Waals surface area contributed by atoms with E-state index in [2.05, 4.69) is 6.92 Å². The average Bonchev–Trinajstić information content (AvgIpc) is 2.31. The Morgan fingerprint density at radius 1 is 1.25 bits per heavy atom. The SMILES string of the molecule is [CH2]C1CCC2CCCC(=O)CC12. The molecule has 1 radical (unpaired) electrons. The van der Waals surface area contributed by atoms with E-state index in [0.29, 0.717) is 17.6 Å². The van der Waals surface area contributed by atoms with Gasteiger partial charge in [0.05, 0.1) is 0 Å². The molecule has 0 aromatic carbocycles. The van der Waals surface area contributed by atoms with Crippen LogP contribution in [0.1, 0.15) is 38.5 Å².